The van der Waals surface area contributed by atoms with Crippen LogP contribution in [0.3, 0.4) is 0 Å². The molecule has 0 aromatic heterocycles. The average Bonchev–Trinajstić information content (AvgIpc) is 3.44. The van der Waals surface area contributed by atoms with E-state index in [-0.39, 0.29) is 23.8 Å². The van der Waals surface area contributed by atoms with Crippen molar-refractivity contribution in [3.05, 3.63) is 100 Å². The number of amides is 2. The van der Waals surface area contributed by atoms with Crippen molar-refractivity contribution in [1.82, 2.24) is 4.90 Å². The Kier molecular flexibility index (Phi) is 6.74. The Morgan fingerprint density at radius 1 is 1.03 bits per heavy atom. The largest absolute Gasteiger partial charge is 0.462 e. The third-order valence-corrected chi connectivity index (χ3v) is 6.95. The number of rotatable bonds is 8. The molecule has 186 valence electrons. The van der Waals surface area contributed by atoms with Gasteiger partial charge in [0.2, 0.25) is 0 Å². The highest BCUT2D eigenvalue weighted by molar-refractivity contribution is 6.21. The summed E-state index contributed by atoms with van der Waals surface area (Å²) in [6.45, 7) is 3.63. The predicted molar refractivity (Wildman–Crippen MR) is 139 cm³/mol. The first-order valence-electron chi connectivity index (χ1n) is 12.5. The molecule has 7 heteroatoms. The summed E-state index contributed by atoms with van der Waals surface area (Å²) in [5, 5.41) is 9.90. The molecule has 3 aromatic rings. The molecule has 2 amide bonds. The van der Waals surface area contributed by atoms with Crippen molar-refractivity contribution in [3.63, 3.8) is 0 Å². The number of nitriles is 1. The summed E-state index contributed by atoms with van der Waals surface area (Å²) < 4.78 is 5.39. The second-order valence-corrected chi connectivity index (χ2v) is 9.43. The van der Waals surface area contributed by atoms with Gasteiger partial charge in [-0.15, -0.1) is 0 Å². The Bertz CT molecular complexity index is 1380. The van der Waals surface area contributed by atoms with E-state index >= 15 is 0 Å². The lowest BCUT2D eigenvalue weighted by Gasteiger charge is -2.24. The Labute approximate surface area is 215 Å². The molecular weight excluding hydrogens is 466 g/mol. The third kappa shape index (κ3) is 4.70. The number of nitrogens with zero attached hydrogens (tertiary/aromatic N) is 3. The number of hydrogen-bond donors (Lipinski definition) is 0. The van der Waals surface area contributed by atoms with Gasteiger partial charge in [-0.25, -0.2) is 4.79 Å². The van der Waals surface area contributed by atoms with Gasteiger partial charge < -0.3 is 9.64 Å². The van der Waals surface area contributed by atoms with Gasteiger partial charge in [-0.2, -0.15) is 5.26 Å². The van der Waals surface area contributed by atoms with Crippen molar-refractivity contribution in [2.75, 3.05) is 24.6 Å². The molecule has 0 spiro atoms. The second kappa shape index (κ2) is 10.3. The maximum absolute atomic E-state index is 12.9. The van der Waals surface area contributed by atoms with E-state index in [2.05, 4.69) is 17.0 Å². The molecule has 37 heavy (non-hydrogen) atoms. The Morgan fingerprint density at radius 3 is 2.38 bits per heavy atom. The van der Waals surface area contributed by atoms with Crippen LogP contribution in [0.25, 0.3) is 0 Å². The number of esters is 1. The molecule has 2 heterocycles. The molecule has 2 aliphatic heterocycles. The van der Waals surface area contributed by atoms with Gasteiger partial charge in [0.05, 0.1) is 34.5 Å². The summed E-state index contributed by atoms with van der Waals surface area (Å²) in [4.78, 5) is 41.3. The number of carbonyl (C=O) groups is 3. The second-order valence-electron chi connectivity index (χ2n) is 9.43. The lowest BCUT2D eigenvalue weighted by molar-refractivity contribution is 0.0501. The molecule has 0 fully saturated rings. The molecule has 0 N–H and O–H groups in total. The van der Waals surface area contributed by atoms with Crippen LogP contribution < -0.4 is 4.90 Å². The molecule has 1 unspecified atom stereocenters. The fourth-order valence-electron chi connectivity index (χ4n) is 5.24. The highest BCUT2D eigenvalue weighted by Crippen LogP contribution is 2.34. The number of carbonyl (C=O) groups excluding carboxylic acids is 3. The molecule has 5 rings (SSSR count). The summed E-state index contributed by atoms with van der Waals surface area (Å²) in [5.74, 6) is -0.875. The van der Waals surface area contributed by atoms with Crippen LogP contribution in [-0.2, 0) is 17.6 Å². The van der Waals surface area contributed by atoms with Crippen molar-refractivity contribution >= 4 is 23.5 Å². The van der Waals surface area contributed by atoms with E-state index < -0.39 is 0 Å². The van der Waals surface area contributed by atoms with Crippen LogP contribution in [0.2, 0.25) is 0 Å². The lowest BCUT2D eigenvalue weighted by atomic mass is 9.98. The summed E-state index contributed by atoms with van der Waals surface area (Å²) in [7, 11) is 0. The van der Waals surface area contributed by atoms with E-state index in [0.29, 0.717) is 48.2 Å². The smallest absolute Gasteiger partial charge is 0.338 e. The Hall–Kier alpha value is -4.44. The quantitative estimate of drug-likeness (QED) is 0.263. The third-order valence-electron chi connectivity index (χ3n) is 6.95. The summed E-state index contributed by atoms with van der Waals surface area (Å²) in [6, 6.07) is 21.7. The Balaban J connectivity index is 1.23. The van der Waals surface area contributed by atoms with Crippen LogP contribution in [0, 0.1) is 11.3 Å². The maximum Gasteiger partial charge on any atom is 0.338 e. The van der Waals surface area contributed by atoms with Gasteiger partial charge in [-0.05, 0) is 67.6 Å². The van der Waals surface area contributed by atoms with E-state index in [1.165, 1.54) is 4.90 Å². The lowest BCUT2D eigenvalue weighted by Crippen LogP contribution is -2.39. The minimum absolute atomic E-state index is 0.270. The average molecular weight is 494 g/mol. The fraction of sp³-hybridized carbons (Fsp3) is 0.267. The summed E-state index contributed by atoms with van der Waals surface area (Å²) in [5.41, 5.74) is 4.94. The van der Waals surface area contributed by atoms with E-state index in [9.17, 15) is 19.6 Å². The van der Waals surface area contributed by atoms with Crippen LogP contribution in [0.5, 0.6) is 0 Å². The van der Waals surface area contributed by atoms with E-state index in [1.54, 1.807) is 48.5 Å². The van der Waals surface area contributed by atoms with E-state index in [4.69, 9.17) is 4.74 Å². The van der Waals surface area contributed by atoms with Crippen molar-refractivity contribution in [2.45, 2.75) is 32.2 Å². The van der Waals surface area contributed by atoms with Gasteiger partial charge in [0.25, 0.3) is 11.8 Å². The summed E-state index contributed by atoms with van der Waals surface area (Å²) >= 11 is 0. The fourth-order valence-corrected chi connectivity index (χ4v) is 5.24. The molecule has 7 nitrogen and oxygen atoms in total. The van der Waals surface area contributed by atoms with E-state index in [0.717, 1.165) is 29.8 Å². The van der Waals surface area contributed by atoms with Crippen molar-refractivity contribution in [2.24, 2.45) is 0 Å². The zero-order valence-electron chi connectivity index (χ0n) is 20.6. The first-order valence-corrected chi connectivity index (χ1v) is 12.5. The molecule has 0 bridgehead atoms. The van der Waals surface area contributed by atoms with Crippen LogP contribution in [0.1, 0.15) is 61.1 Å². The number of imide groups is 1. The molecule has 0 aliphatic carbocycles. The minimum Gasteiger partial charge on any atom is -0.462 e. The van der Waals surface area contributed by atoms with Crippen LogP contribution >= 0.6 is 0 Å². The van der Waals surface area contributed by atoms with Gasteiger partial charge >= 0.3 is 5.97 Å². The van der Waals surface area contributed by atoms with Gasteiger partial charge in [-0.1, -0.05) is 36.4 Å². The number of anilines is 1. The molecule has 0 radical (unpaired) electrons. The van der Waals surface area contributed by atoms with Gasteiger partial charge in [0, 0.05) is 19.1 Å². The Morgan fingerprint density at radius 2 is 1.70 bits per heavy atom. The maximum atomic E-state index is 12.9. The zero-order valence-corrected chi connectivity index (χ0v) is 20.6. The van der Waals surface area contributed by atoms with Crippen LogP contribution in [0.4, 0.5) is 5.69 Å². The molecule has 0 saturated heterocycles. The standard InChI is InChI=1S/C30H27N3O4/c1-20(33-28(34)25-10-5-6-11-26(25)29(33)35)16-21-17-23-12-14-32(27(23)24(18-21)19-31)13-7-15-37-30(36)22-8-3-2-4-9-22/h2-6,8-11,17-18,20H,7,12-16H2,1H3. The first kappa shape index (κ1) is 24.3. The van der Waals surface area contributed by atoms with Gasteiger partial charge in [-0.3, -0.25) is 14.5 Å². The normalized spacial score (nSPS) is 14.8. The SMILES string of the molecule is CC(Cc1cc(C#N)c2c(c1)CCN2CCCOC(=O)c1ccccc1)N1C(=O)c2ccccc2C1=O. The minimum atomic E-state index is -0.339. The number of benzene rings is 3. The van der Waals surface area contributed by atoms with Crippen LogP contribution in [0.15, 0.2) is 66.7 Å². The monoisotopic (exact) mass is 493 g/mol. The van der Waals surface area contributed by atoms with Crippen molar-refractivity contribution in [1.29, 1.82) is 5.26 Å². The van der Waals surface area contributed by atoms with E-state index in [1.807, 2.05) is 19.1 Å². The van der Waals surface area contributed by atoms with Gasteiger partial charge in [0.15, 0.2) is 0 Å². The molecule has 0 saturated carbocycles. The predicted octanol–water partition coefficient (Wildman–Crippen LogP) is 4.40. The highest BCUT2D eigenvalue weighted by Gasteiger charge is 2.38. The molecular formula is C30H27N3O4. The highest BCUT2D eigenvalue weighted by atomic mass is 16.5. The van der Waals surface area contributed by atoms with Crippen molar-refractivity contribution < 1.29 is 19.1 Å². The van der Waals surface area contributed by atoms with Gasteiger partial charge in [0.1, 0.15) is 6.07 Å². The topological polar surface area (TPSA) is 90.7 Å². The number of ether oxygens (including phenoxy) is 1. The first-order chi connectivity index (χ1) is 18.0. The zero-order chi connectivity index (χ0) is 25.9. The van der Waals surface area contributed by atoms with Crippen molar-refractivity contribution in [3.8, 4) is 6.07 Å². The molecule has 1 atom stereocenters. The van der Waals surface area contributed by atoms with Crippen LogP contribution in [-0.4, -0.2) is 48.4 Å². The number of hydrogen-bond acceptors (Lipinski definition) is 6. The molecule has 3 aromatic carbocycles. The number of fused-ring (bicyclic) bond motifs is 2. The molecule has 2 aliphatic rings. The summed E-state index contributed by atoms with van der Waals surface area (Å²) in [6.07, 6.45) is 1.94.